The molecule has 1 aromatic carbocycles. The van der Waals surface area contributed by atoms with E-state index in [0.29, 0.717) is 45.8 Å². The number of thiophene rings is 1. The van der Waals surface area contributed by atoms with Crippen LogP contribution in [0.2, 0.25) is 0 Å². The number of aromatic nitrogens is 2. The van der Waals surface area contributed by atoms with Crippen molar-refractivity contribution in [3.63, 3.8) is 0 Å². The number of likely N-dealkylation sites (tertiary alicyclic amines) is 1. The van der Waals surface area contributed by atoms with Crippen molar-refractivity contribution in [1.82, 2.24) is 19.8 Å². The van der Waals surface area contributed by atoms with Crippen LogP contribution < -0.4 is 14.5 Å². The number of piperazine rings is 1. The van der Waals surface area contributed by atoms with Gasteiger partial charge in [0.25, 0.3) is 0 Å². The Bertz CT molecular complexity index is 1490. The normalized spacial score (nSPS) is 23.0. The van der Waals surface area contributed by atoms with E-state index in [-0.39, 0.29) is 30.4 Å². The molecule has 5 heterocycles. The predicted octanol–water partition coefficient (Wildman–Crippen LogP) is 3.79. The minimum absolute atomic E-state index is 0.0329. The lowest BCUT2D eigenvalue weighted by molar-refractivity contribution is -0.128. The van der Waals surface area contributed by atoms with Crippen LogP contribution in [0.15, 0.2) is 42.3 Å². The van der Waals surface area contributed by atoms with Gasteiger partial charge in [0.2, 0.25) is 5.91 Å². The number of hydrogen-bond acceptors (Lipinski definition) is 9. The zero-order chi connectivity index (χ0) is 28.5. The number of rotatable bonds is 7. The van der Waals surface area contributed by atoms with E-state index in [9.17, 15) is 14.4 Å². The molecule has 214 valence electrons. The Balaban J connectivity index is 1.32. The highest BCUT2D eigenvalue weighted by molar-refractivity contribution is 7.17. The second-order valence-electron chi connectivity index (χ2n) is 11.0. The number of likely N-dealkylation sites (N-methyl/N-ethyl adjacent to an activating group) is 1. The van der Waals surface area contributed by atoms with E-state index in [0.717, 1.165) is 30.0 Å². The third-order valence-electron chi connectivity index (χ3n) is 8.43. The predicted molar refractivity (Wildman–Crippen MR) is 158 cm³/mol. The molecule has 3 aliphatic heterocycles. The van der Waals surface area contributed by atoms with E-state index >= 15 is 0 Å². The van der Waals surface area contributed by atoms with Crippen molar-refractivity contribution >= 4 is 38.8 Å². The fraction of sp³-hybridized carbons (Fsp3) is 0.467. The number of hydrogen-bond donors (Lipinski definition) is 0. The molecule has 2 aromatic heterocycles. The van der Waals surface area contributed by atoms with Crippen molar-refractivity contribution in [3.8, 4) is 12.1 Å². The minimum Gasteiger partial charge on any atom is -0.462 e. The number of ether oxygens (including phenoxy) is 1. The van der Waals surface area contributed by atoms with Gasteiger partial charge in [-0.3, -0.25) is 9.69 Å². The van der Waals surface area contributed by atoms with E-state index < -0.39 is 6.17 Å². The van der Waals surface area contributed by atoms with Crippen LogP contribution in [0.3, 0.4) is 0 Å². The zero-order valence-electron chi connectivity index (χ0n) is 23.2. The molecule has 11 heteroatoms. The molecule has 0 aliphatic carbocycles. The topological polar surface area (TPSA) is 88.8 Å². The standard InChI is InChI=1S/C30H34FN7O2S/c1-3-27(39)38-13-12-37(17-22(38)7-10-32)29-24-8-11-36(26-6-4-5-20-9-14-41-28(20)26)18-25(24)33-30(34-29)40-19-23-15-21(31)16-35(23)2/h3-6,9,14,21-23H,1,7-8,11-13,15-19H2,2H3/t21-,22+,23+/m1/s1. The van der Waals surface area contributed by atoms with Crippen molar-refractivity contribution < 1.29 is 13.9 Å². The van der Waals surface area contributed by atoms with Gasteiger partial charge in [-0.2, -0.15) is 15.2 Å². The summed E-state index contributed by atoms with van der Waals surface area (Å²) in [4.78, 5) is 30.5. The van der Waals surface area contributed by atoms with Crippen molar-refractivity contribution in [2.24, 2.45) is 0 Å². The van der Waals surface area contributed by atoms with Gasteiger partial charge in [0.05, 0.1) is 41.2 Å². The number of nitrogens with zero attached hydrogens (tertiary/aromatic N) is 7. The third kappa shape index (κ3) is 5.46. The van der Waals surface area contributed by atoms with Crippen molar-refractivity contribution in [1.29, 1.82) is 5.26 Å². The van der Waals surface area contributed by atoms with Crippen LogP contribution in [0.4, 0.5) is 15.9 Å². The number of anilines is 2. The number of halogens is 1. The van der Waals surface area contributed by atoms with Crippen LogP contribution in [0.25, 0.3) is 10.1 Å². The van der Waals surface area contributed by atoms with Crippen LogP contribution in [0, 0.1) is 11.3 Å². The molecule has 0 bridgehead atoms. The lowest BCUT2D eigenvalue weighted by atomic mass is 10.0. The molecule has 9 nitrogen and oxygen atoms in total. The first kappa shape index (κ1) is 27.4. The number of carbonyl (C=O) groups excluding carboxylic acids is 1. The molecule has 2 fully saturated rings. The largest absolute Gasteiger partial charge is 0.462 e. The Morgan fingerprint density at radius 3 is 2.88 bits per heavy atom. The Morgan fingerprint density at radius 2 is 2.10 bits per heavy atom. The maximum Gasteiger partial charge on any atom is 0.318 e. The SMILES string of the molecule is C=CC(=O)N1CCN(c2nc(OC[C@@H]3C[C@@H](F)CN3C)nc3c2CCN(c2cccc4ccsc24)C3)C[C@@H]1CC#N. The van der Waals surface area contributed by atoms with Gasteiger partial charge in [0.1, 0.15) is 18.6 Å². The summed E-state index contributed by atoms with van der Waals surface area (Å²) in [5.41, 5.74) is 3.18. The number of carbonyl (C=O) groups is 1. The van der Waals surface area contributed by atoms with Gasteiger partial charge >= 0.3 is 6.01 Å². The Morgan fingerprint density at radius 1 is 1.22 bits per heavy atom. The second kappa shape index (κ2) is 11.6. The lowest BCUT2D eigenvalue weighted by Gasteiger charge is -2.42. The number of fused-ring (bicyclic) bond motifs is 2. The fourth-order valence-electron chi connectivity index (χ4n) is 6.26. The van der Waals surface area contributed by atoms with E-state index in [1.165, 1.54) is 21.8 Å². The molecule has 0 spiro atoms. The van der Waals surface area contributed by atoms with Crippen LogP contribution in [-0.4, -0.2) is 90.3 Å². The lowest BCUT2D eigenvalue weighted by Crippen LogP contribution is -2.55. The third-order valence-corrected chi connectivity index (χ3v) is 9.38. The van der Waals surface area contributed by atoms with Crippen LogP contribution in [0.1, 0.15) is 24.1 Å². The van der Waals surface area contributed by atoms with E-state index in [1.54, 1.807) is 16.2 Å². The summed E-state index contributed by atoms with van der Waals surface area (Å²) >= 11 is 1.74. The molecular formula is C30H34FN7O2S. The number of nitriles is 1. The van der Waals surface area contributed by atoms with Gasteiger partial charge in [-0.25, -0.2) is 4.39 Å². The summed E-state index contributed by atoms with van der Waals surface area (Å²) < 4.78 is 21.4. The number of amides is 1. The van der Waals surface area contributed by atoms with Crippen molar-refractivity contribution in [2.45, 2.75) is 44.1 Å². The molecule has 0 N–H and O–H groups in total. The Kier molecular flexibility index (Phi) is 7.77. The highest BCUT2D eigenvalue weighted by atomic mass is 32.1. The molecule has 0 radical (unpaired) electrons. The quantitative estimate of drug-likeness (QED) is 0.394. The van der Waals surface area contributed by atoms with Crippen LogP contribution in [-0.2, 0) is 17.8 Å². The maximum atomic E-state index is 14.0. The maximum absolute atomic E-state index is 14.0. The highest BCUT2D eigenvalue weighted by Crippen LogP contribution is 2.36. The van der Waals surface area contributed by atoms with E-state index in [1.807, 2.05) is 11.9 Å². The van der Waals surface area contributed by atoms with Crippen LogP contribution in [0.5, 0.6) is 6.01 Å². The molecule has 0 saturated carbocycles. The Labute approximate surface area is 243 Å². The Hall–Kier alpha value is -3.75. The van der Waals surface area contributed by atoms with Gasteiger partial charge < -0.3 is 19.4 Å². The molecule has 1 amide bonds. The van der Waals surface area contributed by atoms with Gasteiger partial charge in [-0.1, -0.05) is 18.7 Å². The first-order valence-electron chi connectivity index (χ1n) is 14.1. The van der Waals surface area contributed by atoms with Gasteiger partial charge in [-0.15, -0.1) is 11.3 Å². The monoisotopic (exact) mass is 575 g/mol. The van der Waals surface area contributed by atoms with Gasteiger partial charge in [0.15, 0.2) is 0 Å². The first-order chi connectivity index (χ1) is 19.9. The molecule has 3 aliphatic rings. The summed E-state index contributed by atoms with van der Waals surface area (Å²) in [6.45, 7) is 7.33. The average molecular weight is 576 g/mol. The summed E-state index contributed by atoms with van der Waals surface area (Å²) in [6, 6.07) is 10.8. The minimum atomic E-state index is -0.853. The summed E-state index contributed by atoms with van der Waals surface area (Å²) in [7, 11) is 1.91. The molecule has 0 unspecified atom stereocenters. The zero-order valence-corrected chi connectivity index (χ0v) is 24.0. The molecule has 41 heavy (non-hydrogen) atoms. The summed E-state index contributed by atoms with van der Waals surface area (Å²) in [6.07, 6.45) is 1.87. The average Bonchev–Trinajstić information content (AvgIpc) is 3.60. The van der Waals surface area contributed by atoms with Crippen LogP contribution >= 0.6 is 11.3 Å². The smallest absolute Gasteiger partial charge is 0.318 e. The number of alkyl halides is 1. The van der Waals surface area contributed by atoms with Gasteiger partial charge in [0, 0.05) is 44.3 Å². The molecule has 3 aromatic rings. The molecular weight excluding hydrogens is 541 g/mol. The van der Waals surface area contributed by atoms with Crippen molar-refractivity contribution in [2.75, 3.05) is 56.2 Å². The first-order valence-corrected chi connectivity index (χ1v) is 15.0. The van der Waals surface area contributed by atoms with E-state index in [2.05, 4.69) is 52.1 Å². The van der Waals surface area contributed by atoms with Gasteiger partial charge in [-0.05, 0) is 48.9 Å². The second-order valence-corrected chi connectivity index (χ2v) is 11.9. The summed E-state index contributed by atoms with van der Waals surface area (Å²) in [5.74, 6) is 0.639. The molecule has 2 saturated heterocycles. The fourth-order valence-corrected chi connectivity index (χ4v) is 7.20. The highest BCUT2D eigenvalue weighted by Gasteiger charge is 2.34. The number of benzene rings is 1. The molecule has 3 atom stereocenters. The molecule has 6 rings (SSSR count). The van der Waals surface area contributed by atoms with E-state index in [4.69, 9.17) is 14.7 Å². The summed E-state index contributed by atoms with van der Waals surface area (Å²) in [5, 5.41) is 12.8. The van der Waals surface area contributed by atoms with Crippen molar-refractivity contribution in [3.05, 3.63) is 53.6 Å².